The van der Waals surface area contributed by atoms with Crippen LogP contribution in [0.15, 0.2) is 29.2 Å². The summed E-state index contributed by atoms with van der Waals surface area (Å²) in [5, 5.41) is 8.19. The number of carboxylic acids is 1. The van der Waals surface area contributed by atoms with Crippen LogP contribution >= 0.6 is 0 Å². The molecule has 0 atom stereocenters. The van der Waals surface area contributed by atoms with Crippen LogP contribution in [-0.4, -0.2) is 37.3 Å². The lowest BCUT2D eigenvalue weighted by Gasteiger charge is -2.23. The van der Waals surface area contributed by atoms with E-state index in [9.17, 15) is 13.2 Å². The minimum absolute atomic E-state index is 0.0666. The van der Waals surface area contributed by atoms with Crippen LogP contribution < -0.4 is 0 Å². The highest BCUT2D eigenvalue weighted by Gasteiger charge is 2.20. The van der Waals surface area contributed by atoms with Crippen molar-refractivity contribution in [2.45, 2.75) is 18.2 Å². The average Bonchev–Trinajstić information content (AvgIpc) is 2.24. The standard InChI is InChI=1S/C7H8O3S.C5H8O3/c1-6-2-4-7(5-3-6)11(8,9)10;6-5(7)1-4-2-8-3-4/h2-5H,1H3,(H,8,9,10);4H,1-3H2,(H,6,7). The third-order valence-electron chi connectivity index (χ3n) is 2.49. The fraction of sp³-hybridized carbons (Fsp3) is 0.417. The Labute approximate surface area is 111 Å². The lowest BCUT2D eigenvalue weighted by atomic mass is 10.1. The topological polar surface area (TPSA) is 101 Å². The largest absolute Gasteiger partial charge is 0.481 e. The maximum Gasteiger partial charge on any atom is 0.303 e. The van der Waals surface area contributed by atoms with Gasteiger partial charge < -0.3 is 9.84 Å². The van der Waals surface area contributed by atoms with Crippen LogP contribution in [0.5, 0.6) is 0 Å². The minimum atomic E-state index is -4.02. The molecule has 1 fully saturated rings. The summed E-state index contributed by atoms with van der Waals surface area (Å²) in [6.45, 7) is 3.10. The van der Waals surface area contributed by atoms with Gasteiger partial charge >= 0.3 is 5.97 Å². The van der Waals surface area contributed by atoms with E-state index in [0.29, 0.717) is 13.2 Å². The predicted octanol–water partition coefficient (Wildman–Crippen LogP) is 1.35. The first-order chi connectivity index (χ1) is 8.79. The van der Waals surface area contributed by atoms with Crippen molar-refractivity contribution in [1.29, 1.82) is 0 Å². The van der Waals surface area contributed by atoms with Crippen molar-refractivity contribution < 1.29 is 27.6 Å². The highest BCUT2D eigenvalue weighted by Crippen LogP contribution is 2.13. The van der Waals surface area contributed by atoms with E-state index in [1.165, 1.54) is 12.1 Å². The van der Waals surface area contributed by atoms with Gasteiger partial charge in [-0.15, -0.1) is 0 Å². The van der Waals surface area contributed by atoms with Gasteiger partial charge in [0, 0.05) is 5.92 Å². The molecule has 1 aromatic carbocycles. The van der Waals surface area contributed by atoms with Gasteiger partial charge in [-0.05, 0) is 19.1 Å². The molecule has 1 saturated heterocycles. The van der Waals surface area contributed by atoms with Gasteiger partial charge in [-0.2, -0.15) is 8.42 Å². The number of carboxylic acid groups (broad SMARTS) is 1. The van der Waals surface area contributed by atoms with E-state index in [-0.39, 0.29) is 17.2 Å². The number of hydrogen-bond donors (Lipinski definition) is 2. The molecule has 0 spiro atoms. The Kier molecular flexibility index (Phi) is 5.46. The van der Waals surface area contributed by atoms with E-state index in [1.54, 1.807) is 12.1 Å². The Morgan fingerprint density at radius 1 is 1.32 bits per heavy atom. The maximum atomic E-state index is 10.5. The first-order valence-corrected chi connectivity index (χ1v) is 7.06. The monoisotopic (exact) mass is 288 g/mol. The van der Waals surface area contributed by atoms with Gasteiger partial charge in [0.1, 0.15) is 0 Å². The quantitative estimate of drug-likeness (QED) is 0.814. The Morgan fingerprint density at radius 3 is 2.11 bits per heavy atom. The molecule has 0 amide bonds. The van der Waals surface area contributed by atoms with Gasteiger partial charge in [0.05, 0.1) is 24.5 Å². The molecule has 7 heteroatoms. The van der Waals surface area contributed by atoms with Crippen LogP contribution in [0.4, 0.5) is 0 Å². The highest BCUT2D eigenvalue weighted by atomic mass is 32.2. The van der Waals surface area contributed by atoms with Crippen molar-refractivity contribution in [3.8, 4) is 0 Å². The van der Waals surface area contributed by atoms with Crippen molar-refractivity contribution in [2.24, 2.45) is 5.92 Å². The molecule has 19 heavy (non-hydrogen) atoms. The Bertz CT molecular complexity index is 516. The Hall–Kier alpha value is -1.44. The SMILES string of the molecule is Cc1ccc(S(=O)(=O)O)cc1.O=C(O)CC1COC1. The lowest BCUT2D eigenvalue weighted by molar-refractivity contribution is -0.142. The van der Waals surface area contributed by atoms with E-state index in [1.807, 2.05) is 6.92 Å². The van der Waals surface area contributed by atoms with E-state index in [0.717, 1.165) is 5.56 Å². The second-order valence-electron chi connectivity index (χ2n) is 4.29. The molecular formula is C12H16O6S. The van der Waals surface area contributed by atoms with E-state index < -0.39 is 16.1 Å². The fourth-order valence-electron chi connectivity index (χ4n) is 1.36. The molecular weight excluding hydrogens is 272 g/mol. The smallest absolute Gasteiger partial charge is 0.303 e. The summed E-state index contributed by atoms with van der Waals surface area (Å²) in [7, 11) is -4.02. The number of ether oxygens (including phenoxy) is 1. The van der Waals surface area contributed by atoms with Gasteiger partial charge in [-0.25, -0.2) is 0 Å². The molecule has 0 aromatic heterocycles. The van der Waals surface area contributed by atoms with Gasteiger partial charge in [0.25, 0.3) is 10.1 Å². The number of aryl methyl sites for hydroxylation is 1. The zero-order valence-electron chi connectivity index (χ0n) is 10.4. The molecule has 6 nitrogen and oxygen atoms in total. The Balaban J connectivity index is 0.000000200. The number of rotatable bonds is 3. The molecule has 0 unspecified atom stereocenters. The maximum absolute atomic E-state index is 10.5. The van der Waals surface area contributed by atoms with Crippen LogP contribution in [0.2, 0.25) is 0 Å². The summed E-state index contributed by atoms with van der Waals surface area (Å²) >= 11 is 0. The molecule has 0 saturated carbocycles. The van der Waals surface area contributed by atoms with Gasteiger partial charge in [-0.3, -0.25) is 9.35 Å². The molecule has 0 bridgehead atoms. The summed E-state index contributed by atoms with van der Waals surface area (Å²) in [4.78, 5) is 9.88. The van der Waals surface area contributed by atoms with Crippen molar-refractivity contribution in [3.63, 3.8) is 0 Å². The number of carbonyl (C=O) groups is 1. The number of aliphatic carboxylic acids is 1. The van der Waals surface area contributed by atoms with E-state index in [2.05, 4.69) is 0 Å². The van der Waals surface area contributed by atoms with Crippen molar-refractivity contribution in [2.75, 3.05) is 13.2 Å². The first-order valence-electron chi connectivity index (χ1n) is 5.62. The molecule has 2 rings (SSSR count). The third kappa shape index (κ3) is 5.82. The average molecular weight is 288 g/mol. The van der Waals surface area contributed by atoms with Crippen molar-refractivity contribution in [1.82, 2.24) is 0 Å². The zero-order valence-corrected chi connectivity index (χ0v) is 11.3. The van der Waals surface area contributed by atoms with Crippen LogP contribution in [0.25, 0.3) is 0 Å². The molecule has 1 heterocycles. The third-order valence-corrected chi connectivity index (χ3v) is 3.36. The predicted molar refractivity (Wildman–Crippen MR) is 67.6 cm³/mol. The fourth-order valence-corrected chi connectivity index (χ4v) is 1.84. The zero-order chi connectivity index (χ0) is 14.5. The minimum Gasteiger partial charge on any atom is -0.481 e. The van der Waals surface area contributed by atoms with Crippen LogP contribution in [0.1, 0.15) is 12.0 Å². The van der Waals surface area contributed by atoms with E-state index >= 15 is 0 Å². The van der Waals surface area contributed by atoms with Crippen LogP contribution in [0, 0.1) is 12.8 Å². The Morgan fingerprint density at radius 2 is 1.84 bits per heavy atom. The number of benzene rings is 1. The van der Waals surface area contributed by atoms with Crippen molar-refractivity contribution >= 4 is 16.1 Å². The molecule has 1 aromatic rings. The second kappa shape index (κ2) is 6.65. The molecule has 1 aliphatic heterocycles. The summed E-state index contributed by atoms with van der Waals surface area (Å²) in [5.74, 6) is -0.439. The normalized spacial score (nSPS) is 15.1. The van der Waals surface area contributed by atoms with E-state index in [4.69, 9.17) is 14.4 Å². The van der Waals surface area contributed by atoms with Gasteiger partial charge in [0.15, 0.2) is 0 Å². The summed E-state index contributed by atoms with van der Waals surface area (Å²) in [6.07, 6.45) is 0.264. The summed E-state index contributed by atoms with van der Waals surface area (Å²) < 4.78 is 34.3. The van der Waals surface area contributed by atoms with Gasteiger partial charge in [0.2, 0.25) is 0 Å². The van der Waals surface area contributed by atoms with Crippen molar-refractivity contribution in [3.05, 3.63) is 29.8 Å². The van der Waals surface area contributed by atoms with Gasteiger partial charge in [-0.1, -0.05) is 17.7 Å². The lowest BCUT2D eigenvalue weighted by Crippen LogP contribution is -2.29. The summed E-state index contributed by atoms with van der Waals surface area (Å²) in [6, 6.07) is 5.99. The molecule has 2 N–H and O–H groups in total. The second-order valence-corrected chi connectivity index (χ2v) is 5.71. The summed E-state index contributed by atoms with van der Waals surface area (Å²) in [5.41, 5.74) is 0.956. The molecule has 106 valence electrons. The highest BCUT2D eigenvalue weighted by molar-refractivity contribution is 7.85. The number of hydrogen-bond acceptors (Lipinski definition) is 4. The first kappa shape index (κ1) is 15.6. The van der Waals surface area contributed by atoms with Crippen LogP contribution in [-0.2, 0) is 19.6 Å². The van der Waals surface area contributed by atoms with Crippen LogP contribution in [0.3, 0.4) is 0 Å². The molecule has 0 aliphatic carbocycles. The molecule has 1 aliphatic rings. The molecule has 0 radical (unpaired) electrons.